The van der Waals surface area contributed by atoms with Crippen molar-refractivity contribution in [3.8, 4) is 5.69 Å². The van der Waals surface area contributed by atoms with Gasteiger partial charge >= 0.3 is 0 Å². The van der Waals surface area contributed by atoms with Gasteiger partial charge in [0, 0.05) is 46.5 Å². The van der Waals surface area contributed by atoms with Gasteiger partial charge in [0.05, 0.1) is 0 Å². The molecule has 5 rings (SSSR count). The van der Waals surface area contributed by atoms with Crippen molar-refractivity contribution in [2.24, 2.45) is 0 Å². The number of aromatic amines is 1. The lowest BCUT2D eigenvalue weighted by Crippen LogP contribution is -2.36. The first-order valence-electron chi connectivity index (χ1n) is 11.3. The van der Waals surface area contributed by atoms with Crippen LogP contribution in [0.1, 0.15) is 50.5 Å². The number of nitrogens with one attached hydrogen (secondary N) is 2. The van der Waals surface area contributed by atoms with E-state index < -0.39 is 11.5 Å². The summed E-state index contributed by atoms with van der Waals surface area (Å²) in [5, 5.41) is 4.03. The number of carbonyl (C=O) groups excluding carboxylic acids is 2. The molecule has 0 saturated heterocycles. The highest BCUT2D eigenvalue weighted by Gasteiger charge is 2.26. The van der Waals surface area contributed by atoms with Crippen molar-refractivity contribution in [1.29, 1.82) is 0 Å². The van der Waals surface area contributed by atoms with E-state index in [-0.39, 0.29) is 11.3 Å². The van der Waals surface area contributed by atoms with Gasteiger partial charge in [0.2, 0.25) is 0 Å². The minimum Gasteiger partial charge on any atom is -0.358 e. The van der Waals surface area contributed by atoms with Crippen LogP contribution in [0, 0.1) is 6.92 Å². The molecule has 0 spiro atoms. The Morgan fingerprint density at radius 1 is 1.03 bits per heavy atom. The van der Waals surface area contributed by atoms with Gasteiger partial charge in [-0.05, 0) is 56.0 Å². The van der Waals surface area contributed by atoms with Gasteiger partial charge in [-0.2, -0.15) is 0 Å². The summed E-state index contributed by atoms with van der Waals surface area (Å²) >= 11 is 0. The van der Waals surface area contributed by atoms with Gasteiger partial charge in [-0.1, -0.05) is 36.4 Å². The monoisotopic (exact) mass is 439 g/mol. The molecule has 1 aliphatic rings. The van der Waals surface area contributed by atoms with E-state index in [0.717, 1.165) is 22.2 Å². The fraction of sp³-hybridized carbons (Fsp3) is 0.222. The minimum absolute atomic E-state index is 0.00324. The predicted octanol–water partition coefficient (Wildman–Crippen LogP) is 4.12. The Bertz CT molecular complexity index is 1430. The van der Waals surface area contributed by atoms with Crippen molar-refractivity contribution in [3.63, 3.8) is 0 Å². The number of Topliss-reactive ketones (excluding diaryl/α,β-unsaturated/α-hetero) is 1. The molecule has 0 unspecified atom stereocenters. The van der Waals surface area contributed by atoms with Crippen molar-refractivity contribution in [2.45, 2.75) is 32.6 Å². The number of carbonyl (C=O) groups is 2. The number of hydrogen-bond acceptors (Lipinski definition) is 3. The highest BCUT2D eigenvalue weighted by atomic mass is 16.2. The van der Waals surface area contributed by atoms with Crippen LogP contribution < -0.4 is 10.9 Å². The number of fused-ring (bicyclic) bond motifs is 2. The Labute approximate surface area is 191 Å². The third kappa shape index (κ3) is 3.78. The molecule has 1 amide bonds. The molecule has 2 aromatic heterocycles. The van der Waals surface area contributed by atoms with Crippen molar-refractivity contribution >= 4 is 22.6 Å². The molecule has 6 heteroatoms. The van der Waals surface area contributed by atoms with Gasteiger partial charge in [0.25, 0.3) is 11.5 Å². The first-order valence-corrected chi connectivity index (χ1v) is 11.3. The van der Waals surface area contributed by atoms with E-state index in [9.17, 15) is 14.4 Å². The fourth-order valence-electron chi connectivity index (χ4n) is 4.76. The summed E-state index contributed by atoms with van der Waals surface area (Å²) in [5.41, 5.74) is 4.71. The highest BCUT2D eigenvalue weighted by molar-refractivity contribution is 6.02. The van der Waals surface area contributed by atoms with Crippen molar-refractivity contribution in [1.82, 2.24) is 14.9 Å². The number of aryl methyl sites for hydroxylation is 1. The molecule has 2 N–H and O–H groups in total. The summed E-state index contributed by atoms with van der Waals surface area (Å²) in [7, 11) is 0. The topological polar surface area (TPSA) is 84.0 Å². The van der Waals surface area contributed by atoms with Gasteiger partial charge in [-0.25, -0.2) is 0 Å². The molecular weight excluding hydrogens is 414 g/mol. The fourth-order valence-corrected chi connectivity index (χ4v) is 4.76. The summed E-state index contributed by atoms with van der Waals surface area (Å²) < 4.78 is 1.53. The van der Waals surface area contributed by atoms with Gasteiger partial charge in [0.15, 0.2) is 5.78 Å². The van der Waals surface area contributed by atoms with Crippen LogP contribution in [0.4, 0.5) is 0 Å². The lowest BCUT2D eigenvalue weighted by molar-refractivity contribution is 0.0952. The highest BCUT2D eigenvalue weighted by Crippen LogP contribution is 2.24. The SMILES string of the molecule is Cc1[nH]c2ccccc2c1CCNC(=O)c1cc2c(n(-c3ccccc3)c1=O)CCCC2=O. The average Bonchev–Trinajstić information content (AvgIpc) is 3.14. The number of benzene rings is 2. The van der Waals surface area contributed by atoms with E-state index in [0.29, 0.717) is 49.2 Å². The molecular formula is C27H25N3O3. The summed E-state index contributed by atoms with van der Waals surface area (Å²) in [6.45, 7) is 2.40. The zero-order chi connectivity index (χ0) is 22.9. The number of rotatable bonds is 5. The van der Waals surface area contributed by atoms with Gasteiger partial charge in [0.1, 0.15) is 5.56 Å². The number of ketones is 1. The Hall–Kier alpha value is -3.93. The third-order valence-corrected chi connectivity index (χ3v) is 6.37. The summed E-state index contributed by atoms with van der Waals surface area (Å²) in [5.74, 6) is -0.479. The van der Waals surface area contributed by atoms with Crippen LogP contribution in [-0.2, 0) is 12.8 Å². The molecule has 6 nitrogen and oxygen atoms in total. The molecule has 1 aliphatic carbocycles. The van der Waals surface area contributed by atoms with Crippen molar-refractivity contribution < 1.29 is 9.59 Å². The van der Waals surface area contributed by atoms with Crippen LogP contribution in [0.2, 0.25) is 0 Å². The number of para-hydroxylation sites is 2. The molecule has 4 aromatic rings. The zero-order valence-electron chi connectivity index (χ0n) is 18.5. The number of aromatic nitrogens is 2. The number of pyridine rings is 1. The standard InChI is InChI=1S/C27H25N3O3/c1-17-19(20-10-5-6-11-23(20)29-17)14-15-28-26(32)22-16-21-24(12-7-13-25(21)31)30(27(22)33)18-8-3-2-4-9-18/h2-6,8-11,16,29H,7,12-15H2,1H3,(H,28,32). The molecule has 33 heavy (non-hydrogen) atoms. The molecule has 0 aliphatic heterocycles. The Morgan fingerprint density at radius 2 is 1.79 bits per heavy atom. The number of H-pyrrole nitrogens is 1. The predicted molar refractivity (Wildman–Crippen MR) is 128 cm³/mol. The normalized spacial score (nSPS) is 13.2. The maximum Gasteiger partial charge on any atom is 0.268 e. The maximum atomic E-state index is 13.4. The van der Waals surface area contributed by atoms with Crippen molar-refractivity contribution in [3.05, 3.63) is 99.1 Å². The summed E-state index contributed by atoms with van der Waals surface area (Å²) in [4.78, 5) is 42.5. The van der Waals surface area contributed by atoms with E-state index >= 15 is 0 Å². The molecule has 2 heterocycles. The Balaban J connectivity index is 1.46. The van der Waals surface area contributed by atoms with Gasteiger partial charge in [-0.15, -0.1) is 0 Å². The van der Waals surface area contributed by atoms with Gasteiger partial charge in [-0.3, -0.25) is 19.0 Å². The largest absolute Gasteiger partial charge is 0.358 e. The maximum absolute atomic E-state index is 13.4. The molecule has 0 atom stereocenters. The number of amides is 1. The van der Waals surface area contributed by atoms with Crippen LogP contribution in [0.15, 0.2) is 65.5 Å². The van der Waals surface area contributed by atoms with Crippen LogP contribution in [0.3, 0.4) is 0 Å². The molecule has 2 aromatic carbocycles. The minimum atomic E-state index is -0.455. The number of hydrogen-bond donors (Lipinski definition) is 2. The lowest BCUT2D eigenvalue weighted by Gasteiger charge is -2.21. The smallest absolute Gasteiger partial charge is 0.268 e. The van der Waals surface area contributed by atoms with E-state index in [4.69, 9.17) is 0 Å². The second-order valence-electron chi connectivity index (χ2n) is 8.45. The van der Waals surface area contributed by atoms with E-state index in [1.54, 1.807) is 0 Å². The lowest BCUT2D eigenvalue weighted by atomic mass is 9.92. The van der Waals surface area contributed by atoms with Crippen LogP contribution >= 0.6 is 0 Å². The average molecular weight is 440 g/mol. The second-order valence-corrected chi connectivity index (χ2v) is 8.45. The molecule has 0 bridgehead atoms. The quantitative estimate of drug-likeness (QED) is 0.491. The van der Waals surface area contributed by atoms with Crippen LogP contribution in [0.25, 0.3) is 16.6 Å². The van der Waals surface area contributed by atoms with Crippen molar-refractivity contribution in [2.75, 3.05) is 6.54 Å². The zero-order valence-corrected chi connectivity index (χ0v) is 18.5. The first-order chi connectivity index (χ1) is 16.0. The summed E-state index contributed by atoms with van der Waals surface area (Å²) in [6.07, 6.45) is 2.40. The Morgan fingerprint density at radius 3 is 2.61 bits per heavy atom. The van der Waals surface area contributed by atoms with Crippen LogP contribution in [0.5, 0.6) is 0 Å². The third-order valence-electron chi connectivity index (χ3n) is 6.37. The first kappa shape index (κ1) is 20.9. The number of nitrogens with zero attached hydrogens (tertiary/aromatic N) is 1. The molecule has 0 fully saturated rings. The summed E-state index contributed by atoms with van der Waals surface area (Å²) in [6, 6.07) is 18.8. The van der Waals surface area contributed by atoms with E-state index in [1.807, 2.05) is 55.5 Å². The molecule has 166 valence electrons. The second kappa shape index (κ2) is 8.54. The van der Waals surface area contributed by atoms with E-state index in [1.165, 1.54) is 10.6 Å². The Kier molecular flexibility index (Phi) is 5.42. The van der Waals surface area contributed by atoms with E-state index in [2.05, 4.69) is 16.4 Å². The van der Waals surface area contributed by atoms with Gasteiger partial charge < -0.3 is 10.3 Å². The molecule has 0 saturated carbocycles. The van der Waals surface area contributed by atoms with Crippen LogP contribution in [-0.4, -0.2) is 27.8 Å². The molecule has 0 radical (unpaired) electrons.